The summed E-state index contributed by atoms with van der Waals surface area (Å²) in [6.07, 6.45) is 1.28. The zero-order valence-electron chi connectivity index (χ0n) is 9.64. The Morgan fingerprint density at radius 2 is 2.18 bits per heavy atom. The van der Waals surface area contributed by atoms with E-state index < -0.39 is 23.3 Å². The van der Waals surface area contributed by atoms with E-state index in [0.717, 1.165) is 4.57 Å². The standard InChI is InChI=1S/C10H15N3O4/c1-6(2)11-7(9(15)16)5-13-4-3-8(14)12-10(13)17/h3-4,6-7,11H,5H2,1-2H3,(H,15,16)(H,12,14,17)/t7-/m0/s1. The van der Waals surface area contributed by atoms with Gasteiger partial charge in [-0.1, -0.05) is 13.8 Å². The number of carboxylic acids is 1. The van der Waals surface area contributed by atoms with Gasteiger partial charge in [0.25, 0.3) is 5.56 Å². The number of aromatic amines is 1. The van der Waals surface area contributed by atoms with Crippen molar-refractivity contribution in [3.05, 3.63) is 33.1 Å². The lowest BCUT2D eigenvalue weighted by Crippen LogP contribution is -2.46. The number of H-pyrrole nitrogens is 1. The second kappa shape index (κ2) is 5.44. The molecule has 0 aromatic carbocycles. The largest absolute Gasteiger partial charge is 0.480 e. The van der Waals surface area contributed by atoms with Crippen molar-refractivity contribution in [2.75, 3.05) is 0 Å². The van der Waals surface area contributed by atoms with E-state index in [1.54, 1.807) is 0 Å². The van der Waals surface area contributed by atoms with Crippen LogP contribution in [-0.4, -0.2) is 32.7 Å². The summed E-state index contributed by atoms with van der Waals surface area (Å²) in [4.78, 5) is 35.2. The fourth-order valence-electron chi connectivity index (χ4n) is 1.39. The highest BCUT2D eigenvalue weighted by Gasteiger charge is 2.18. The van der Waals surface area contributed by atoms with Gasteiger partial charge in [-0.2, -0.15) is 0 Å². The molecule has 0 saturated carbocycles. The predicted molar refractivity (Wildman–Crippen MR) is 61.0 cm³/mol. The molecular formula is C10H15N3O4. The maximum Gasteiger partial charge on any atom is 0.328 e. The van der Waals surface area contributed by atoms with Gasteiger partial charge in [0.05, 0.1) is 6.54 Å². The van der Waals surface area contributed by atoms with Crippen molar-refractivity contribution in [1.29, 1.82) is 0 Å². The summed E-state index contributed by atoms with van der Waals surface area (Å²) in [5.74, 6) is -1.04. The molecule has 7 nitrogen and oxygen atoms in total. The maximum atomic E-state index is 11.4. The molecule has 0 unspecified atom stereocenters. The van der Waals surface area contributed by atoms with Crippen molar-refractivity contribution in [1.82, 2.24) is 14.9 Å². The van der Waals surface area contributed by atoms with Crippen LogP contribution in [0.4, 0.5) is 0 Å². The number of rotatable bonds is 5. The summed E-state index contributed by atoms with van der Waals surface area (Å²) in [6, 6.07) is 0.281. The van der Waals surface area contributed by atoms with Crippen molar-refractivity contribution in [2.24, 2.45) is 0 Å². The lowest BCUT2D eigenvalue weighted by molar-refractivity contribution is -0.140. The lowest BCUT2D eigenvalue weighted by Gasteiger charge is -2.17. The van der Waals surface area contributed by atoms with Crippen LogP contribution < -0.4 is 16.6 Å². The smallest absolute Gasteiger partial charge is 0.328 e. The van der Waals surface area contributed by atoms with Crippen molar-refractivity contribution in [3.63, 3.8) is 0 Å². The number of nitrogens with zero attached hydrogens (tertiary/aromatic N) is 1. The van der Waals surface area contributed by atoms with Gasteiger partial charge in [0.1, 0.15) is 6.04 Å². The molecule has 17 heavy (non-hydrogen) atoms. The zero-order valence-corrected chi connectivity index (χ0v) is 9.64. The van der Waals surface area contributed by atoms with E-state index in [1.807, 2.05) is 13.8 Å². The van der Waals surface area contributed by atoms with E-state index in [0.29, 0.717) is 0 Å². The van der Waals surface area contributed by atoms with Gasteiger partial charge in [0.15, 0.2) is 0 Å². The number of aliphatic carboxylic acids is 1. The van der Waals surface area contributed by atoms with Crippen LogP contribution in [0.2, 0.25) is 0 Å². The molecule has 0 saturated heterocycles. The monoisotopic (exact) mass is 241 g/mol. The summed E-state index contributed by atoms with van der Waals surface area (Å²) in [6.45, 7) is 3.58. The second-order valence-electron chi connectivity index (χ2n) is 3.97. The Balaban J connectivity index is 2.90. The molecule has 1 aromatic heterocycles. The van der Waals surface area contributed by atoms with Crippen LogP contribution in [0, 0.1) is 0 Å². The molecule has 0 aliphatic heterocycles. The second-order valence-corrected chi connectivity index (χ2v) is 3.97. The number of hydrogen-bond donors (Lipinski definition) is 3. The Bertz CT molecular complexity index is 503. The average Bonchev–Trinajstić information content (AvgIpc) is 2.19. The van der Waals surface area contributed by atoms with E-state index in [2.05, 4.69) is 10.3 Å². The Hall–Kier alpha value is -1.89. The molecule has 1 heterocycles. The minimum atomic E-state index is -1.04. The van der Waals surface area contributed by atoms with Crippen LogP contribution in [0.5, 0.6) is 0 Å². The molecule has 3 N–H and O–H groups in total. The van der Waals surface area contributed by atoms with Crippen molar-refractivity contribution in [3.8, 4) is 0 Å². The van der Waals surface area contributed by atoms with E-state index in [-0.39, 0.29) is 12.6 Å². The zero-order chi connectivity index (χ0) is 13.0. The first-order valence-electron chi connectivity index (χ1n) is 5.18. The van der Waals surface area contributed by atoms with E-state index >= 15 is 0 Å². The van der Waals surface area contributed by atoms with Gasteiger partial charge in [0.2, 0.25) is 0 Å². The molecule has 0 amide bonds. The van der Waals surface area contributed by atoms with E-state index in [1.165, 1.54) is 12.3 Å². The fraction of sp³-hybridized carbons (Fsp3) is 0.500. The molecule has 0 spiro atoms. The summed E-state index contributed by atoms with van der Waals surface area (Å²) in [5.41, 5.74) is -1.12. The first-order valence-corrected chi connectivity index (χ1v) is 5.18. The highest BCUT2D eigenvalue weighted by Crippen LogP contribution is 1.92. The van der Waals surface area contributed by atoms with Gasteiger partial charge >= 0.3 is 11.7 Å². The van der Waals surface area contributed by atoms with Crippen LogP contribution in [0.3, 0.4) is 0 Å². The summed E-state index contributed by atoms with van der Waals surface area (Å²) in [7, 11) is 0. The minimum absolute atomic E-state index is 0.0189. The van der Waals surface area contributed by atoms with Crippen LogP contribution >= 0.6 is 0 Å². The molecular weight excluding hydrogens is 226 g/mol. The number of nitrogens with one attached hydrogen (secondary N) is 2. The topological polar surface area (TPSA) is 104 Å². The highest BCUT2D eigenvalue weighted by atomic mass is 16.4. The predicted octanol–water partition coefficient (Wildman–Crippen LogP) is -1.01. The first kappa shape index (κ1) is 13.2. The third-order valence-electron chi connectivity index (χ3n) is 2.11. The molecule has 0 aliphatic carbocycles. The SMILES string of the molecule is CC(C)N[C@@H](Cn1ccc(=O)[nH]c1=O)C(=O)O. The van der Waals surface area contributed by atoms with Gasteiger partial charge in [0, 0.05) is 18.3 Å². The van der Waals surface area contributed by atoms with Gasteiger partial charge in [-0.05, 0) is 0 Å². The van der Waals surface area contributed by atoms with Crippen molar-refractivity contribution < 1.29 is 9.90 Å². The quantitative estimate of drug-likeness (QED) is 0.612. The molecule has 1 rings (SSSR count). The minimum Gasteiger partial charge on any atom is -0.480 e. The van der Waals surface area contributed by atoms with Crippen LogP contribution in [0.1, 0.15) is 13.8 Å². The fourth-order valence-corrected chi connectivity index (χ4v) is 1.39. The van der Waals surface area contributed by atoms with Crippen molar-refractivity contribution >= 4 is 5.97 Å². The molecule has 0 aliphatic rings. The summed E-state index contributed by atoms with van der Waals surface area (Å²) >= 11 is 0. The van der Waals surface area contributed by atoms with Crippen LogP contribution in [0.15, 0.2) is 21.9 Å². The summed E-state index contributed by atoms with van der Waals surface area (Å²) in [5, 5.41) is 11.8. The van der Waals surface area contributed by atoms with Crippen LogP contribution in [-0.2, 0) is 11.3 Å². The molecule has 1 atom stereocenters. The van der Waals surface area contributed by atoms with Gasteiger partial charge in [-0.25, -0.2) is 4.79 Å². The number of carboxylic acid groups (broad SMARTS) is 1. The van der Waals surface area contributed by atoms with E-state index in [9.17, 15) is 14.4 Å². The van der Waals surface area contributed by atoms with Gasteiger partial charge < -0.3 is 10.4 Å². The Morgan fingerprint density at radius 3 is 2.65 bits per heavy atom. The van der Waals surface area contributed by atoms with Crippen LogP contribution in [0.25, 0.3) is 0 Å². The number of aromatic nitrogens is 2. The molecule has 94 valence electrons. The average molecular weight is 241 g/mol. The van der Waals surface area contributed by atoms with Crippen molar-refractivity contribution in [2.45, 2.75) is 32.5 Å². The van der Waals surface area contributed by atoms with E-state index in [4.69, 9.17) is 5.11 Å². The molecule has 0 bridgehead atoms. The van der Waals surface area contributed by atoms with Gasteiger partial charge in [-0.15, -0.1) is 0 Å². The molecule has 0 radical (unpaired) electrons. The lowest BCUT2D eigenvalue weighted by atomic mass is 10.2. The normalized spacial score (nSPS) is 12.6. The number of carbonyl (C=O) groups is 1. The molecule has 1 aromatic rings. The maximum absolute atomic E-state index is 11.4. The highest BCUT2D eigenvalue weighted by molar-refractivity contribution is 5.73. The first-order chi connectivity index (χ1) is 7.90. The Morgan fingerprint density at radius 1 is 1.53 bits per heavy atom. The molecule has 7 heteroatoms. The number of hydrogen-bond acceptors (Lipinski definition) is 4. The Labute approximate surface area is 97.1 Å². The third kappa shape index (κ3) is 3.87. The van der Waals surface area contributed by atoms with Gasteiger partial charge in [-0.3, -0.25) is 19.1 Å². The third-order valence-corrected chi connectivity index (χ3v) is 2.11. The Kier molecular flexibility index (Phi) is 4.22. The summed E-state index contributed by atoms with van der Waals surface area (Å²) < 4.78 is 1.15. The molecule has 0 fully saturated rings.